The van der Waals surface area contributed by atoms with Crippen LogP contribution in [0.1, 0.15) is 13.8 Å². The van der Waals surface area contributed by atoms with Crippen LogP contribution in [0.5, 0.6) is 5.75 Å². The fourth-order valence-electron chi connectivity index (χ4n) is 3.73. The van der Waals surface area contributed by atoms with Crippen molar-refractivity contribution in [3.63, 3.8) is 0 Å². The van der Waals surface area contributed by atoms with Crippen LogP contribution in [0.4, 0.5) is 11.5 Å². The van der Waals surface area contributed by atoms with Crippen molar-refractivity contribution in [1.82, 2.24) is 30.5 Å². The summed E-state index contributed by atoms with van der Waals surface area (Å²) in [6.07, 6.45) is 7.09. The first-order valence-electron chi connectivity index (χ1n) is 11.6. The minimum absolute atomic E-state index is 0.0562. The number of ether oxygens (including phenoxy) is 1. The van der Waals surface area contributed by atoms with Crippen molar-refractivity contribution in [1.29, 1.82) is 0 Å². The highest BCUT2D eigenvalue weighted by molar-refractivity contribution is 5.91. The smallest absolute Gasteiger partial charge is 0.258 e. The van der Waals surface area contributed by atoms with E-state index in [9.17, 15) is 4.79 Å². The van der Waals surface area contributed by atoms with E-state index in [1.54, 1.807) is 24.7 Å². The predicted octanol–water partition coefficient (Wildman–Crippen LogP) is 4.73. The van der Waals surface area contributed by atoms with Crippen LogP contribution < -0.4 is 15.4 Å². The maximum Gasteiger partial charge on any atom is 0.258 e. The van der Waals surface area contributed by atoms with E-state index in [4.69, 9.17) is 14.7 Å². The second-order valence-electron chi connectivity index (χ2n) is 8.52. The van der Waals surface area contributed by atoms with E-state index in [0.29, 0.717) is 17.4 Å². The van der Waals surface area contributed by atoms with Crippen LogP contribution in [0.15, 0.2) is 79.4 Å². The normalized spacial score (nSPS) is 11.0. The number of hydrogen-bond acceptors (Lipinski definition) is 7. The summed E-state index contributed by atoms with van der Waals surface area (Å²) in [7, 11) is 0. The molecular formula is C27H25N7O2. The molecule has 5 rings (SSSR count). The standard InChI is InChI=1S/C27H25N7O2/c1-17(2)31-25(35)16-36-22-5-3-4-19(12-22)26-33-24-10-11-28-15-23(24)27(34-26)32-21-8-6-18(7-9-21)20-13-29-30-14-20/h3-15,17H,16H2,1-2H3,(H,29,30)(H,31,35)(H,32,33,34). The molecule has 0 saturated carbocycles. The van der Waals surface area contributed by atoms with E-state index >= 15 is 0 Å². The van der Waals surface area contributed by atoms with Crippen LogP contribution in [0.3, 0.4) is 0 Å². The molecule has 0 aliphatic carbocycles. The van der Waals surface area contributed by atoms with Crippen LogP contribution >= 0.6 is 0 Å². The zero-order valence-corrected chi connectivity index (χ0v) is 19.9. The molecule has 36 heavy (non-hydrogen) atoms. The van der Waals surface area contributed by atoms with Gasteiger partial charge in [0.05, 0.1) is 17.1 Å². The summed E-state index contributed by atoms with van der Waals surface area (Å²) in [6, 6.07) is 17.3. The summed E-state index contributed by atoms with van der Waals surface area (Å²) in [5.74, 6) is 1.56. The fourth-order valence-corrected chi connectivity index (χ4v) is 3.73. The quantitative estimate of drug-likeness (QED) is 0.294. The molecule has 0 saturated heterocycles. The maximum absolute atomic E-state index is 12.0. The Morgan fingerprint density at radius 2 is 1.86 bits per heavy atom. The molecule has 0 aliphatic rings. The van der Waals surface area contributed by atoms with E-state index < -0.39 is 0 Å². The van der Waals surface area contributed by atoms with Gasteiger partial charge < -0.3 is 15.4 Å². The predicted molar refractivity (Wildman–Crippen MR) is 139 cm³/mol. The average Bonchev–Trinajstić information content (AvgIpc) is 3.43. The van der Waals surface area contributed by atoms with Crippen molar-refractivity contribution in [2.45, 2.75) is 19.9 Å². The molecule has 3 aromatic heterocycles. The lowest BCUT2D eigenvalue weighted by Gasteiger charge is -2.12. The number of nitrogens with zero attached hydrogens (tertiary/aromatic N) is 4. The van der Waals surface area contributed by atoms with Crippen molar-refractivity contribution in [3.05, 3.63) is 79.4 Å². The zero-order valence-electron chi connectivity index (χ0n) is 19.9. The minimum atomic E-state index is -0.171. The third kappa shape index (κ3) is 5.30. The van der Waals surface area contributed by atoms with Gasteiger partial charge in [0.15, 0.2) is 12.4 Å². The van der Waals surface area contributed by atoms with Gasteiger partial charge in [0.1, 0.15) is 11.6 Å². The molecule has 9 heteroatoms. The number of pyridine rings is 1. The Morgan fingerprint density at radius 1 is 1.00 bits per heavy atom. The average molecular weight is 480 g/mol. The fraction of sp³-hybridized carbons (Fsp3) is 0.148. The molecule has 0 atom stereocenters. The van der Waals surface area contributed by atoms with Gasteiger partial charge in [-0.2, -0.15) is 5.10 Å². The van der Waals surface area contributed by atoms with Gasteiger partial charge >= 0.3 is 0 Å². The molecule has 3 heterocycles. The summed E-state index contributed by atoms with van der Waals surface area (Å²) in [6.45, 7) is 3.75. The summed E-state index contributed by atoms with van der Waals surface area (Å²) >= 11 is 0. The largest absolute Gasteiger partial charge is 0.484 e. The number of carbonyl (C=O) groups excluding carboxylic acids is 1. The van der Waals surface area contributed by atoms with E-state index in [1.165, 1.54) is 0 Å². The van der Waals surface area contributed by atoms with Gasteiger partial charge in [-0.1, -0.05) is 24.3 Å². The molecule has 5 aromatic rings. The molecule has 180 valence electrons. The highest BCUT2D eigenvalue weighted by Gasteiger charge is 2.12. The van der Waals surface area contributed by atoms with Crippen molar-refractivity contribution in [3.8, 4) is 28.3 Å². The number of benzene rings is 2. The molecule has 3 N–H and O–H groups in total. The van der Waals surface area contributed by atoms with E-state index in [1.807, 2.05) is 68.6 Å². The SMILES string of the molecule is CC(C)NC(=O)COc1cccc(-c2nc(Nc3ccc(-c4cn[nH]c4)cc3)c3cnccc3n2)c1. The molecule has 2 aromatic carbocycles. The first-order chi connectivity index (χ1) is 17.5. The van der Waals surface area contributed by atoms with Crippen LogP contribution in [0.25, 0.3) is 33.4 Å². The number of aromatic amines is 1. The summed E-state index contributed by atoms with van der Waals surface area (Å²) in [5, 5.41) is 13.9. The number of rotatable bonds is 8. The molecule has 0 radical (unpaired) electrons. The molecule has 0 bridgehead atoms. The second kappa shape index (κ2) is 10.2. The topological polar surface area (TPSA) is 118 Å². The Balaban J connectivity index is 1.42. The molecule has 0 spiro atoms. The minimum Gasteiger partial charge on any atom is -0.484 e. The Hall–Kier alpha value is -4.79. The number of amides is 1. The van der Waals surface area contributed by atoms with Crippen molar-refractivity contribution >= 4 is 28.3 Å². The third-order valence-corrected chi connectivity index (χ3v) is 5.39. The Labute approximate surface area is 208 Å². The van der Waals surface area contributed by atoms with E-state index in [0.717, 1.165) is 33.3 Å². The first kappa shape index (κ1) is 23.0. The molecule has 0 aliphatic heterocycles. The lowest BCUT2D eigenvalue weighted by atomic mass is 10.1. The number of H-pyrrole nitrogens is 1. The molecule has 1 amide bonds. The highest BCUT2D eigenvalue weighted by Crippen LogP contribution is 2.29. The lowest BCUT2D eigenvalue weighted by Crippen LogP contribution is -2.34. The summed E-state index contributed by atoms with van der Waals surface area (Å²) < 4.78 is 5.69. The van der Waals surface area contributed by atoms with E-state index in [-0.39, 0.29) is 18.6 Å². The van der Waals surface area contributed by atoms with Crippen molar-refractivity contribution < 1.29 is 9.53 Å². The number of nitrogens with one attached hydrogen (secondary N) is 3. The van der Waals surface area contributed by atoms with Gasteiger partial charge in [-0.05, 0) is 49.7 Å². The molecule has 0 fully saturated rings. The number of anilines is 2. The third-order valence-electron chi connectivity index (χ3n) is 5.39. The number of hydrogen-bond donors (Lipinski definition) is 3. The van der Waals surface area contributed by atoms with E-state index in [2.05, 4.69) is 25.8 Å². The monoisotopic (exact) mass is 479 g/mol. The number of fused-ring (bicyclic) bond motifs is 1. The van der Waals surface area contributed by atoms with Gasteiger partial charge in [0, 0.05) is 41.4 Å². The zero-order chi connectivity index (χ0) is 24.9. The van der Waals surface area contributed by atoms with Crippen LogP contribution in [0.2, 0.25) is 0 Å². The number of aromatic nitrogens is 5. The van der Waals surface area contributed by atoms with Crippen LogP contribution in [0, 0.1) is 0 Å². The molecular weight excluding hydrogens is 454 g/mol. The van der Waals surface area contributed by atoms with Gasteiger partial charge in [0.25, 0.3) is 5.91 Å². The van der Waals surface area contributed by atoms with Crippen molar-refractivity contribution in [2.75, 3.05) is 11.9 Å². The second-order valence-corrected chi connectivity index (χ2v) is 8.52. The highest BCUT2D eigenvalue weighted by atomic mass is 16.5. The Morgan fingerprint density at radius 3 is 2.64 bits per heavy atom. The van der Waals surface area contributed by atoms with Crippen LogP contribution in [-0.2, 0) is 4.79 Å². The van der Waals surface area contributed by atoms with Crippen LogP contribution in [-0.4, -0.2) is 43.7 Å². The lowest BCUT2D eigenvalue weighted by molar-refractivity contribution is -0.123. The van der Waals surface area contributed by atoms with Crippen molar-refractivity contribution in [2.24, 2.45) is 0 Å². The molecule has 9 nitrogen and oxygen atoms in total. The van der Waals surface area contributed by atoms with Gasteiger partial charge in [0.2, 0.25) is 0 Å². The van der Waals surface area contributed by atoms with Gasteiger partial charge in [-0.25, -0.2) is 9.97 Å². The van der Waals surface area contributed by atoms with Gasteiger partial charge in [-0.15, -0.1) is 0 Å². The first-order valence-corrected chi connectivity index (χ1v) is 11.6. The summed E-state index contributed by atoms with van der Waals surface area (Å²) in [5.41, 5.74) is 4.49. The number of carbonyl (C=O) groups is 1. The Bertz CT molecular complexity index is 1480. The summed E-state index contributed by atoms with van der Waals surface area (Å²) in [4.78, 5) is 25.7. The Kier molecular flexibility index (Phi) is 6.53. The maximum atomic E-state index is 12.0. The van der Waals surface area contributed by atoms with Gasteiger partial charge in [-0.3, -0.25) is 14.9 Å². The molecule has 0 unspecified atom stereocenters.